The van der Waals surface area contributed by atoms with Gasteiger partial charge in [-0.05, 0) is 88.5 Å². The number of hydrogen-bond donors (Lipinski definition) is 1. The van der Waals surface area contributed by atoms with Crippen molar-refractivity contribution >= 4 is 39.3 Å². The summed E-state index contributed by atoms with van der Waals surface area (Å²) >= 11 is 3.91. The quantitative estimate of drug-likeness (QED) is 0.409. The van der Waals surface area contributed by atoms with Gasteiger partial charge in [0, 0.05) is 15.6 Å². The molecule has 0 radical (unpaired) electrons. The van der Waals surface area contributed by atoms with E-state index in [0.29, 0.717) is 23.1 Å². The van der Waals surface area contributed by atoms with Gasteiger partial charge in [-0.2, -0.15) is 0 Å². The van der Waals surface area contributed by atoms with Crippen molar-refractivity contribution < 1.29 is 19.1 Å². The first-order chi connectivity index (χ1) is 13.2. The van der Waals surface area contributed by atoms with Crippen molar-refractivity contribution in [3.63, 3.8) is 0 Å². The molecule has 0 heterocycles. The fraction of sp³-hybridized carbons (Fsp3) is 0.591. The fourth-order valence-electron chi connectivity index (χ4n) is 5.76. The molecule has 0 unspecified atom stereocenters. The van der Waals surface area contributed by atoms with Crippen LogP contribution in [-0.2, 0) is 14.3 Å². The van der Waals surface area contributed by atoms with Crippen LogP contribution in [-0.4, -0.2) is 28.1 Å². The van der Waals surface area contributed by atoms with E-state index in [1.54, 1.807) is 31.2 Å². The van der Waals surface area contributed by atoms with E-state index in [2.05, 4.69) is 21.2 Å². The molecular weight excluding hydrogens is 422 g/mol. The van der Waals surface area contributed by atoms with Gasteiger partial charge in [0.25, 0.3) is 5.91 Å². The van der Waals surface area contributed by atoms with Crippen molar-refractivity contribution in [2.75, 3.05) is 5.32 Å². The number of Topliss-reactive ketones (excluding diaryl/α,β-unsaturated/α-hetero) is 1. The third kappa shape index (κ3) is 3.63. The summed E-state index contributed by atoms with van der Waals surface area (Å²) in [5, 5.41) is 2.76. The predicted octanol–water partition coefficient (Wildman–Crippen LogP) is 4.49. The van der Waals surface area contributed by atoms with Crippen LogP contribution in [0.2, 0.25) is 0 Å². The molecule has 6 heteroatoms. The highest BCUT2D eigenvalue weighted by atomic mass is 79.9. The fourth-order valence-corrected chi connectivity index (χ4v) is 7.21. The minimum atomic E-state index is -0.862. The molecule has 5 nitrogen and oxygen atoms in total. The third-order valence-electron chi connectivity index (χ3n) is 6.63. The van der Waals surface area contributed by atoms with Crippen LogP contribution in [0.1, 0.15) is 62.7 Å². The number of ether oxygens (including phenoxy) is 1. The molecule has 1 aromatic rings. The van der Waals surface area contributed by atoms with E-state index in [4.69, 9.17) is 4.74 Å². The van der Waals surface area contributed by atoms with Crippen molar-refractivity contribution in [2.24, 2.45) is 17.3 Å². The monoisotopic (exact) mass is 447 g/mol. The van der Waals surface area contributed by atoms with Crippen molar-refractivity contribution in [1.82, 2.24) is 0 Å². The van der Waals surface area contributed by atoms with Gasteiger partial charge >= 0.3 is 5.97 Å². The number of anilines is 1. The van der Waals surface area contributed by atoms with Gasteiger partial charge in [0.15, 0.2) is 11.9 Å². The van der Waals surface area contributed by atoms with E-state index in [0.717, 1.165) is 32.1 Å². The molecule has 28 heavy (non-hydrogen) atoms. The Morgan fingerprint density at radius 2 is 1.71 bits per heavy atom. The first kappa shape index (κ1) is 19.6. The smallest absolute Gasteiger partial charge is 0.312 e. The minimum absolute atomic E-state index is 0.0275. The molecule has 150 valence electrons. The molecule has 5 rings (SSSR count). The Hall–Kier alpha value is -1.69. The summed E-state index contributed by atoms with van der Waals surface area (Å²) in [6.07, 6.45) is 5.23. The number of carbonyl (C=O) groups excluding carboxylic acids is 3. The van der Waals surface area contributed by atoms with E-state index in [-0.39, 0.29) is 22.0 Å². The zero-order valence-corrected chi connectivity index (χ0v) is 17.9. The Morgan fingerprint density at radius 3 is 2.25 bits per heavy atom. The number of ketones is 1. The summed E-state index contributed by atoms with van der Waals surface area (Å²) in [7, 11) is 0. The van der Waals surface area contributed by atoms with Gasteiger partial charge in [-0.15, -0.1) is 0 Å². The van der Waals surface area contributed by atoms with Crippen LogP contribution in [0.4, 0.5) is 5.69 Å². The van der Waals surface area contributed by atoms with E-state index in [9.17, 15) is 14.4 Å². The molecule has 1 N–H and O–H groups in total. The Balaban J connectivity index is 1.39. The molecule has 3 atom stereocenters. The second-order valence-corrected chi connectivity index (χ2v) is 10.7. The highest BCUT2D eigenvalue weighted by Crippen LogP contribution is 2.64. The highest BCUT2D eigenvalue weighted by molar-refractivity contribution is 9.10. The second-order valence-electron chi connectivity index (χ2n) is 9.06. The highest BCUT2D eigenvalue weighted by Gasteiger charge is 2.60. The van der Waals surface area contributed by atoms with Gasteiger partial charge in [-0.1, -0.05) is 15.9 Å². The molecule has 0 aromatic heterocycles. The van der Waals surface area contributed by atoms with E-state index in [1.165, 1.54) is 13.3 Å². The lowest BCUT2D eigenvalue weighted by Crippen LogP contribution is -2.56. The third-order valence-corrected chi connectivity index (χ3v) is 7.56. The summed E-state index contributed by atoms with van der Waals surface area (Å²) in [6.45, 7) is 3.11. The summed E-state index contributed by atoms with van der Waals surface area (Å²) < 4.78 is 5.72. The molecule has 4 bridgehead atoms. The van der Waals surface area contributed by atoms with Gasteiger partial charge < -0.3 is 10.1 Å². The van der Waals surface area contributed by atoms with Gasteiger partial charge in [-0.25, -0.2) is 0 Å². The van der Waals surface area contributed by atoms with Crippen molar-refractivity contribution in [1.29, 1.82) is 0 Å². The summed E-state index contributed by atoms with van der Waals surface area (Å²) in [6, 6.07) is 6.69. The maximum absolute atomic E-state index is 13.1. The lowest BCUT2D eigenvalue weighted by Gasteiger charge is -2.58. The first-order valence-corrected chi connectivity index (χ1v) is 10.8. The van der Waals surface area contributed by atoms with E-state index < -0.39 is 11.5 Å². The normalized spacial score (nSPS) is 34.0. The Kier molecular flexibility index (Phi) is 4.89. The number of halogens is 1. The summed E-state index contributed by atoms with van der Waals surface area (Å²) in [5.74, 6) is 0.553. The van der Waals surface area contributed by atoms with E-state index in [1.807, 2.05) is 0 Å². The molecule has 1 amide bonds. The molecule has 4 fully saturated rings. The average Bonchev–Trinajstić information content (AvgIpc) is 2.59. The molecule has 0 spiro atoms. The second kappa shape index (κ2) is 6.97. The molecule has 4 aliphatic carbocycles. The van der Waals surface area contributed by atoms with Gasteiger partial charge in [-0.3, -0.25) is 14.4 Å². The van der Waals surface area contributed by atoms with E-state index >= 15 is 0 Å². The lowest BCUT2D eigenvalue weighted by molar-refractivity contribution is -0.175. The lowest BCUT2D eigenvalue weighted by atomic mass is 9.49. The molecule has 4 aliphatic rings. The number of rotatable bonds is 5. The zero-order valence-electron chi connectivity index (χ0n) is 16.3. The van der Waals surface area contributed by atoms with Crippen molar-refractivity contribution in [3.05, 3.63) is 29.8 Å². The van der Waals surface area contributed by atoms with Gasteiger partial charge in [0.05, 0.1) is 5.41 Å². The van der Waals surface area contributed by atoms with Crippen LogP contribution in [0, 0.1) is 17.3 Å². The Morgan fingerprint density at radius 1 is 1.11 bits per heavy atom. The molecule has 0 aliphatic heterocycles. The molecule has 0 saturated heterocycles. The first-order valence-electron chi connectivity index (χ1n) is 10.00. The largest absolute Gasteiger partial charge is 0.452 e. The maximum Gasteiger partial charge on any atom is 0.312 e. The van der Waals surface area contributed by atoms with Crippen LogP contribution < -0.4 is 5.32 Å². The standard InChI is InChI=1S/C22H26BrNO4/c1-13(25)17-3-5-18(6-4-17)24-19(26)14(2)28-20(27)21-8-15-7-16(9-21)11-22(23,10-15)12-21/h3-6,14-16H,7-12H2,1-2H3,(H,24,26)/t14-,15+,16+,21?,22?/m1/s1. The van der Waals surface area contributed by atoms with Gasteiger partial charge in [0.2, 0.25) is 0 Å². The summed E-state index contributed by atoms with van der Waals surface area (Å²) in [4.78, 5) is 36.9. The van der Waals surface area contributed by atoms with Crippen LogP contribution in [0.3, 0.4) is 0 Å². The van der Waals surface area contributed by atoms with Crippen molar-refractivity contribution in [2.45, 2.75) is 62.8 Å². The SMILES string of the molecule is CC(=O)c1ccc(NC(=O)[C@@H](C)OC(=O)C23C[C@@H]4C[C@H](CC(Br)(C4)C2)C3)cc1. The Labute approximate surface area is 173 Å². The summed E-state index contributed by atoms with van der Waals surface area (Å²) in [5.41, 5.74) is 0.723. The number of benzene rings is 1. The van der Waals surface area contributed by atoms with Gasteiger partial charge in [0.1, 0.15) is 0 Å². The number of amides is 1. The van der Waals surface area contributed by atoms with Crippen molar-refractivity contribution in [3.8, 4) is 0 Å². The van der Waals surface area contributed by atoms with Crippen LogP contribution in [0.15, 0.2) is 24.3 Å². The molecular formula is C22H26BrNO4. The Bertz CT molecular complexity index is 804. The number of esters is 1. The zero-order chi connectivity index (χ0) is 20.1. The minimum Gasteiger partial charge on any atom is -0.452 e. The molecule has 1 aromatic carbocycles. The number of carbonyl (C=O) groups is 3. The van der Waals surface area contributed by atoms with Crippen LogP contribution in [0.25, 0.3) is 0 Å². The maximum atomic E-state index is 13.1. The van der Waals surface area contributed by atoms with Crippen LogP contribution in [0.5, 0.6) is 0 Å². The predicted molar refractivity (Wildman–Crippen MR) is 109 cm³/mol. The number of nitrogens with one attached hydrogen (secondary N) is 1. The topological polar surface area (TPSA) is 72.5 Å². The molecule has 4 saturated carbocycles. The number of alkyl halides is 1. The number of hydrogen-bond acceptors (Lipinski definition) is 4. The van der Waals surface area contributed by atoms with Crippen LogP contribution >= 0.6 is 15.9 Å². The average molecular weight is 448 g/mol.